The zero-order chi connectivity index (χ0) is 14.4. The van der Waals surface area contributed by atoms with E-state index in [1.54, 1.807) is 0 Å². The number of nitrogens with two attached hydrogens (primary N) is 1. The molecule has 0 aliphatic heterocycles. The highest BCUT2D eigenvalue weighted by atomic mass is 32.1. The Labute approximate surface area is 131 Å². The molecule has 2 N–H and O–H groups in total. The highest BCUT2D eigenvalue weighted by Gasteiger charge is 2.28. The van der Waals surface area contributed by atoms with Crippen molar-refractivity contribution in [2.24, 2.45) is 5.73 Å². The van der Waals surface area contributed by atoms with Crippen LogP contribution in [0.15, 0.2) is 24.3 Å². The van der Waals surface area contributed by atoms with Crippen molar-refractivity contribution in [3.8, 4) is 5.13 Å². The molecule has 7 heteroatoms. The number of benzene rings is 1. The van der Waals surface area contributed by atoms with Crippen LogP contribution >= 0.6 is 23.8 Å². The first-order valence-electron chi connectivity index (χ1n) is 6.81. The van der Waals surface area contributed by atoms with E-state index in [-0.39, 0.29) is 0 Å². The molecule has 1 aliphatic carbocycles. The van der Waals surface area contributed by atoms with Crippen LogP contribution in [0.25, 0.3) is 16.2 Å². The molecule has 4 rings (SSSR count). The van der Waals surface area contributed by atoms with E-state index in [1.807, 2.05) is 28.8 Å². The second-order valence-corrected chi connectivity index (χ2v) is 6.46. The Hall–Kier alpha value is -1.86. The molecule has 1 fully saturated rings. The maximum Gasteiger partial charge on any atom is 0.215 e. The molecule has 5 nitrogen and oxygen atoms in total. The van der Waals surface area contributed by atoms with E-state index < -0.39 is 0 Å². The summed E-state index contributed by atoms with van der Waals surface area (Å²) in [4.78, 5) is 9.74. The lowest BCUT2D eigenvalue weighted by atomic mass is 10.3. The minimum Gasteiger partial charge on any atom is -0.393 e. The second kappa shape index (κ2) is 4.85. The van der Waals surface area contributed by atoms with Gasteiger partial charge in [-0.2, -0.15) is 4.37 Å². The third-order valence-electron chi connectivity index (χ3n) is 3.53. The summed E-state index contributed by atoms with van der Waals surface area (Å²) in [5.74, 6) is 2.32. The van der Waals surface area contributed by atoms with Crippen molar-refractivity contribution >= 4 is 39.8 Å². The first-order valence-corrected chi connectivity index (χ1v) is 7.99. The van der Waals surface area contributed by atoms with E-state index in [4.69, 9.17) is 18.0 Å². The number of nitrogens with zero attached hydrogens (tertiary/aromatic N) is 4. The molecule has 0 atom stereocenters. The van der Waals surface area contributed by atoms with Crippen molar-refractivity contribution in [1.82, 2.24) is 18.9 Å². The van der Waals surface area contributed by atoms with E-state index in [9.17, 15) is 0 Å². The third kappa shape index (κ3) is 2.32. The molecule has 106 valence electrons. The Morgan fingerprint density at radius 1 is 1.33 bits per heavy atom. The summed E-state index contributed by atoms with van der Waals surface area (Å²) < 4.78 is 6.50. The maximum absolute atomic E-state index is 5.70. The van der Waals surface area contributed by atoms with Crippen LogP contribution < -0.4 is 5.73 Å². The Balaban J connectivity index is 1.88. The second-order valence-electron chi connectivity index (χ2n) is 5.20. The minimum absolute atomic E-state index is 0.429. The lowest BCUT2D eigenvalue weighted by molar-refractivity contribution is 0.919. The number of para-hydroxylation sites is 2. The van der Waals surface area contributed by atoms with E-state index in [0.29, 0.717) is 17.3 Å². The van der Waals surface area contributed by atoms with Gasteiger partial charge in [-0.05, 0) is 25.0 Å². The van der Waals surface area contributed by atoms with E-state index in [0.717, 1.165) is 27.8 Å². The fourth-order valence-electron chi connectivity index (χ4n) is 2.39. The van der Waals surface area contributed by atoms with Crippen LogP contribution in [0.4, 0.5) is 0 Å². The van der Waals surface area contributed by atoms with E-state index in [1.165, 1.54) is 24.4 Å². The van der Waals surface area contributed by atoms with Gasteiger partial charge in [0.15, 0.2) is 0 Å². The topological polar surface area (TPSA) is 69.6 Å². The Bertz CT molecular complexity index is 831. The summed E-state index contributed by atoms with van der Waals surface area (Å²) in [6, 6.07) is 7.98. The van der Waals surface area contributed by atoms with Crippen molar-refractivity contribution in [1.29, 1.82) is 0 Å². The van der Waals surface area contributed by atoms with Gasteiger partial charge in [-0.3, -0.25) is 4.57 Å². The molecule has 0 spiro atoms. The summed E-state index contributed by atoms with van der Waals surface area (Å²) >= 11 is 6.45. The standard InChI is InChI=1S/C14H13N5S2/c15-11(20)7-12-16-9-3-1-2-4-10(9)19(12)14-17-13(18-21-14)8-5-6-8/h1-4,8H,5-7H2,(H2,15,20). The quantitative estimate of drug-likeness (QED) is 0.749. The van der Waals surface area contributed by atoms with Crippen molar-refractivity contribution in [2.75, 3.05) is 0 Å². The van der Waals surface area contributed by atoms with Gasteiger partial charge >= 0.3 is 0 Å². The number of thiocarbonyl (C=S) groups is 1. The van der Waals surface area contributed by atoms with Gasteiger partial charge in [-0.1, -0.05) is 24.4 Å². The number of imidazole rings is 1. The zero-order valence-corrected chi connectivity index (χ0v) is 12.8. The lowest BCUT2D eigenvalue weighted by Crippen LogP contribution is -2.14. The summed E-state index contributed by atoms with van der Waals surface area (Å²) in [7, 11) is 0. The van der Waals surface area contributed by atoms with Gasteiger partial charge in [-0.15, -0.1) is 0 Å². The van der Waals surface area contributed by atoms with Gasteiger partial charge in [-0.25, -0.2) is 9.97 Å². The van der Waals surface area contributed by atoms with E-state index >= 15 is 0 Å². The highest BCUT2D eigenvalue weighted by Crippen LogP contribution is 2.39. The van der Waals surface area contributed by atoms with Crippen LogP contribution in [0.3, 0.4) is 0 Å². The average Bonchev–Trinajstić information content (AvgIpc) is 3.08. The number of fused-ring (bicyclic) bond motifs is 1. The van der Waals surface area contributed by atoms with Gasteiger partial charge in [0.25, 0.3) is 0 Å². The molecule has 21 heavy (non-hydrogen) atoms. The molecule has 0 radical (unpaired) electrons. The minimum atomic E-state index is 0.429. The Morgan fingerprint density at radius 3 is 2.90 bits per heavy atom. The predicted octanol–water partition coefficient (Wildman–Crippen LogP) is 2.58. The SMILES string of the molecule is NC(=S)Cc1nc2ccccc2n1-c1nc(C2CC2)ns1. The van der Waals surface area contributed by atoms with Crippen molar-refractivity contribution in [3.05, 3.63) is 35.9 Å². The molecule has 0 unspecified atom stereocenters. The fourth-order valence-corrected chi connectivity index (χ4v) is 3.30. The Morgan fingerprint density at radius 2 is 2.14 bits per heavy atom. The fraction of sp³-hybridized carbons (Fsp3) is 0.286. The van der Waals surface area contributed by atoms with Crippen molar-refractivity contribution in [3.63, 3.8) is 0 Å². The summed E-state index contributed by atoms with van der Waals surface area (Å²) in [6.07, 6.45) is 2.85. The van der Waals surface area contributed by atoms with Crippen molar-refractivity contribution < 1.29 is 0 Å². The Kier molecular flexibility index (Phi) is 2.97. The molecule has 2 heterocycles. The molecule has 0 saturated heterocycles. The number of hydrogen-bond acceptors (Lipinski definition) is 5. The molecular weight excluding hydrogens is 302 g/mol. The van der Waals surface area contributed by atoms with Crippen LogP contribution in [0.2, 0.25) is 0 Å². The monoisotopic (exact) mass is 315 g/mol. The molecule has 0 bridgehead atoms. The number of hydrogen-bond donors (Lipinski definition) is 1. The van der Waals surface area contributed by atoms with Gasteiger partial charge in [0.05, 0.1) is 22.4 Å². The summed E-state index contributed by atoms with van der Waals surface area (Å²) in [5, 5.41) is 0.844. The van der Waals surface area contributed by atoms with E-state index in [2.05, 4.69) is 14.3 Å². The number of rotatable bonds is 4. The van der Waals surface area contributed by atoms with Crippen molar-refractivity contribution in [2.45, 2.75) is 25.2 Å². The van der Waals surface area contributed by atoms with Gasteiger partial charge in [0.1, 0.15) is 11.6 Å². The normalized spacial score (nSPS) is 14.7. The molecule has 3 aromatic rings. The van der Waals surface area contributed by atoms with Crippen LogP contribution in [0, 0.1) is 0 Å². The highest BCUT2D eigenvalue weighted by molar-refractivity contribution is 7.80. The third-order valence-corrected chi connectivity index (χ3v) is 4.39. The van der Waals surface area contributed by atoms with Gasteiger partial charge in [0, 0.05) is 17.5 Å². The van der Waals surface area contributed by atoms with Crippen LogP contribution in [0.1, 0.15) is 30.4 Å². The van der Waals surface area contributed by atoms with Crippen LogP contribution in [-0.2, 0) is 6.42 Å². The molecule has 1 aliphatic rings. The summed E-state index contributed by atoms with van der Waals surface area (Å²) in [6.45, 7) is 0. The smallest absolute Gasteiger partial charge is 0.215 e. The molecule has 1 saturated carbocycles. The molecule has 2 aromatic heterocycles. The van der Waals surface area contributed by atoms with Gasteiger partial charge < -0.3 is 5.73 Å². The molecular formula is C14H13N5S2. The first kappa shape index (κ1) is 12.8. The molecule has 0 amide bonds. The zero-order valence-electron chi connectivity index (χ0n) is 11.2. The van der Waals surface area contributed by atoms with Crippen LogP contribution in [0.5, 0.6) is 0 Å². The largest absolute Gasteiger partial charge is 0.393 e. The molecule has 1 aromatic carbocycles. The summed E-state index contributed by atoms with van der Waals surface area (Å²) in [5.41, 5.74) is 7.64. The predicted molar refractivity (Wildman–Crippen MR) is 87.0 cm³/mol. The first-order chi connectivity index (χ1) is 10.2. The van der Waals surface area contributed by atoms with Gasteiger partial charge in [0.2, 0.25) is 5.13 Å². The lowest BCUT2D eigenvalue weighted by Gasteiger charge is -2.03. The van der Waals surface area contributed by atoms with Crippen LogP contribution in [-0.4, -0.2) is 23.9 Å². The number of aromatic nitrogens is 4. The maximum atomic E-state index is 5.70. The average molecular weight is 315 g/mol.